The molecule has 0 radical (unpaired) electrons. The van der Waals surface area contributed by atoms with Crippen molar-refractivity contribution in [2.75, 3.05) is 25.5 Å². The van der Waals surface area contributed by atoms with Crippen LogP contribution in [-0.2, 0) is 11.8 Å². The number of nitrogens with zero attached hydrogens (tertiary/aromatic N) is 7. The van der Waals surface area contributed by atoms with Gasteiger partial charge < -0.3 is 14.2 Å². The van der Waals surface area contributed by atoms with Crippen molar-refractivity contribution in [3.63, 3.8) is 0 Å². The van der Waals surface area contributed by atoms with E-state index in [1.165, 1.54) is 11.9 Å². The quantitative estimate of drug-likeness (QED) is 0.280. The minimum absolute atomic E-state index is 0.103. The Kier molecular flexibility index (Phi) is 8.28. The maximum absolute atomic E-state index is 5.97. The number of benzene rings is 1. The molecule has 4 aromatic rings. The Hall–Kier alpha value is -3.35. The Morgan fingerprint density at radius 2 is 1.78 bits per heavy atom. The number of aryl methyl sites for hydroxylation is 1. The fourth-order valence-corrected chi connectivity index (χ4v) is 4.44. The SMILES string of the molecule is CCOC(c1ncc(Cl)cn1)[C@@H](C)SNc1nnc(-c2ccn(C)n2)n1-c1c(OC)cccc1OC. The predicted octanol–water partition coefficient (Wildman–Crippen LogP) is 4.35. The van der Waals surface area contributed by atoms with Gasteiger partial charge >= 0.3 is 0 Å². The zero-order valence-electron chi connectivity index (χ0n) is 20.5. The number of anilines is 1. The van der Waals surface area contributed by atoms with Crippen LogP contribution >= 0.6 is 23.5 Å². The molecule has 2 atom stereocenters. The molecule has 0 aliphatic rings. The lowest BCUT2D eigenvalue weighted by Crippen LogP contribution is -2.20. The molecule has 1 N–H and O–H groups in total. The summed E-state index contributed by atoms with van der Waals surface area (Å²) in [4.78, 5) is 8.69. The summed E-state index contributed by atoms with van der Waals surface area (Å²) in [6, 6.07) is 7.42. The summed E-state index contributed by atoms with van der Waals surface area (Å²) in [7, 11) is 5.05. The number of aromatic nitrogens is 7. The fourth-order valence-electron chi connectivity index (χ4n) is 3.59. The van der Waals surface area contributed by atoms with E-state index in [2.05, 4.69) is 30.0 Å². The summed E-state index contributed by atoms with van der Waals surface area (Å²) in [5.41, 5.74) is 1.29. The Morgan fingerprint density at radius 1 is 1.08 bits per heavy atom. The minimum Gasteiger partial charge on any atom is -0.494 e. The molecular formula is C23H27ClN8O3S. The topological polar surface area (TPSA) is 114 Å². The maximum Gasteiger partial charge on any atom is 0.239 e. The van der Waals surface area contributed by atoms with E-state index in [1.54, 1.807) is 31.3 Å². The average molecular weight is 531 g/mol. The van der Waals surface area contributed by atoms with E-state index < -0.39 is 0 Å². The van der Waals surface area contributed by atoms with Crippen LogP contribution in [0.25, 0.3) is 17.2 Å². The second kappa shape index (κ2) is 11.6. The highest BCUT2D eigenvalue weighted by Gasteiger charge is 2.27. The van der Waals surface area contributed by atoms with E-state index in [4.69, 9.17) is 25.8 Å². The van der Waals surface area contributed by atoms with Crippen LogP contribution in [0.5, 0.6) is 11.5 Å². The van der Waals surface area contributed by atoms with Crippen LogP contribution in [0.15, 0.2) is 42.9 Å². The van der Waals surface area contributed by atoms with Crippen molar-refractivity contribution in [1.82, 2.24) is 34.5 Å². The van der Waals surface area contributed by atoms with Crippen molar-refractivity contribution >= 4 is 29.5 Å². The number of hydrogen-bond acceptors (Lipinski definition) is 10. The lowest BCUT2D eigenvalue weighted by molar-refractivity contribution is 0.0576. The molecule has 3 heterocycles. The second-order valence-corrected chi connectivity index (χ2v) is 9.25. The minimum atomic E-state index is -0.378. The number of halogens is 1. The third-order valence-electron chi connectivity index (χ3n) is 5.23. The molecule has 11 nitrogen and oxygen atoms in total. The monoisotopic (exact) mass is 530 g/mol. The summed E-state index contributed by atoms with van der Waals surface area (Å²) < 4.78 is 24.1. The van der Waals surface area contributed by atoms with Crippen LogP contribution in [0.1, 0.15) is 25.8 Å². The molecule has 13 heteroatoms. The number of hydrogen-bond donors (Lipinski definition) is 1. The molecule has 36 heavy (non-hydrogen) atoms. The Labute approximate surface area is 218 Å². The third-order valence-corrected chi connectivity index (χ3v) is 6.35. The van der Waals surface area contributed by atoms with E-state index in [0.717, 1.165) is 0 Å². The van der Waals surface area contributed by atoms with E-state index >= 15 is 0 Å². The molecular weight excluding hydrogens is 504 g/mol. The molecule has 0 aliphatic heterocycles. The van der Waals surface area contributed by atoms with Gasteiger partial charge in [0, 0.05) is 32.2 Å². The molecule has 3 aromatic heterocycles. The number of rotatable bonds is 11. The van der Waals surface area contributed by atoms with Gasteiger partial charge in [0.2, 0.25) is 5.95 Å². The van der Waals surface area contributed by atoms with Gasteiger partial charge in [-0.15, -0.1) is 10.2 Å². The van der Waals surface area contributed by atoms with Gasteiger partial charge in [-0.2, -0.15) is 5.10 Å². The lowest BCUT2D eigenvalue weighted by Gasteiger charge is -2.23. The molecule has 0 spiro atoms. The molecule has 0 aliphatic carbocycles. The molecule has 190 valence electrons. The third kappa shape index (κ3) is 5.40. The Morgan fingerprint density at radius 3 is 2.36 bits per heavy atom. The zero-order valence-corrected chi connectivity index (χ0v) is 22.1. The molecule has 4 rings (SSSR count). The van der Waals surface area contributed by atoms with E-state index in [9.17, 15) is 0 Å². The first-order valence-corrected chi connectivity index (χ1v) is 12.4. The first-order chi connectivity index (χ1) is 17.5. The molecule has 1 aromatic carbocycles. The fraction of sp³-hybridized carbons (Fsp3) is 0.348. The summed E-state index contributed by atoms with van der Waals surface area (Å²) in [6.07, 6.45) is 4.59. The number of nitrogens with one attached hydrogen (secondary N) is 1. The maximum atomic E-state index is 5.97. The van der Waals surface area contributed by atoms with Crippen molar-refractivity contribution in [2.24, 2.45) is 7.05 Å². The van der Waals surface area contributed by atoms with Crippen LogP contribution < -0.4 is 14.2 Å². The molecule has 0 bridgehead atoms. The number of ether oxygens (including phenoxy) is 3. The van der Waals surface area contributed by atoms with E-state index in [1.807, 2.05) is 55.9 Å². The molecule has 0 saturated heterocycles. The van der Waals surface area contributed by atoms with Crippen LogP contribution in [0.2, 0.25) is 5.02 Å². The summed E-state index contributed by atoms with van der Waals surface area (Å²) in [5.74, 6) is 2.72. The van der Waals surface area contributed by atoms with Gasteiger partial charge in [-0.25, -0.2) is 9.97 Å². The van der Waals surface area contributed by atoms with Gasteiger partial charge in [0.1, 0.15) is 29.0 Å². The van der Waals surface area contributed by atoms with Gasteiger partial charge in [-0.3, -0.25) is 14.0 Å². The van der Waals surface area contributed by atoms with E-state index in [0.29, 0.717) is 52.1 Å². The number of para-hydroxylation sites is 1. The van der Waals surface area contributed by atoms with Crippen molar-refractivity contribution in [3.05, 3.63) is 53.7 Å². The molecule has 0 saturated carbocycles. The van der Waals surface area contributed by atoms with Crippen molar-refractivity contribution in [1.29, 1.82) is 0 Å². The van der Waals surface area contributed by atoms with Crippen molar-refractivity contribution in [3.8, 4) is 28.7 Å². The van der Waals surface area contributed by atoms with Gasteiger partial charge in [0.05, 0.1) is 24.5 Å². The van der Waals surface area contributed by atoms with Gasteiger partial charge in [0.15, 0.2) is 11.6 Å². The summed E-state index contributed by atoms with van der Waals surface area (Å²) >= 11 is 7.37. The van der Waals surface area contributed by atoms with E-state index in [-0.39, 0.29) is 11.4 Å². The van der Waals surface area contributed by atoms with Crippen LogP contribution in [-0.4, -0.2) is 60.6 Å². The smallest absolute Gasteiger partial charge is 0.239 e. The normalized spacial score (nSPS) is 12.8. The van der Waals surface area contributed by atoms with Crippen LogP contribution in [0, 0.1) is 0 Å². The molecule has 0 amide bonds. The number of methoxy groups -OCH3 is 2. The van der Waals surface area contributed by atoms with Crippen LogP contribution in [0.3, 0.4) is 0 Å². The van der Waals surface area contributed by atoms with Crippen molar-refractivity contribution in [2.45, 2.75) is 25.2 Å². The average Bonchev–Trinajstić information content (AvgIpc) is 3.51. The van der Waals surface area contributed by atoms with Gasteiger partial charge in [-0.05, 0) is 44.0 Å². The Balaban J connectivity index is 1.71. The molecule has 1 unspecified atom stereocenters. The summed E-state index contributed by atoms with van der Waals surface area (Å²) in [5, 5.41) is 13.7. The Bertz CT molecular complexity index is 1270. The van der Waals surface area contributed by atoms with Gasteiger partial charge in [0.25, 0.3) is 0 Å². The molecule has 0 fully saturated rings. The largest absolute Gasteiger partial charge is 0.494 e. The van der Waals surface area contributed by atoms with Crippen molar-refractivity contribution < 1.29 is 14.2 Å². The first-order valence-electron chi connectivity index (χ1n) is 11.1. The summed E-state index contributed by atoms with van der Waals surface area (Å²) in [6.45, 7) is 4.44. The van der Waals surface area contributed by atoms with Gasteiger partial charge in [-0.1, -0.05) is 17.7 Å². The highest BCUT2D eigenvalue weighted by molar-refractivity contribution is 8.01. The highest BCUT2D eigenvalue weighted by atomic mass is 35.5. The predicted molar refractivity (Wildman–Crippen MR) is 139 cm³/mol. The lowest BCUT2D eigenvalue weighted by atomic mass is 10.2. The second-order valence-electron chi connectivity index (χ2n) is 7.63. The zero-order chi connectivity index (χ0) is 25.7. The van der Waals surface area contributed by atoms with Crippen LogP contribution in [0.4, 0.5) is 5.95 Å². The highest BCUT2D eigenvalue weighted by Crippen LogP contribution is 2.38. The standard InChI is InChI=1S/C23H27ClN8O3S/c1-6-35-20(21-25-12-15(24)13-26-21)14(2)36-30-23-28-27-22(16-10-11-31(3)29-16)32(23)19-17(33-4)8-7-9-18(19)34-5/h7-14,20H,6H2,1-5H3,(H,28,30)/t14-,20?/m1/s1. The first kappa shape index (κ1) is 25.7.